The number of ether oxygens (including phenoxy) is 2. The predicted octanol–water partition coefficient (Wildman–Crippen LogP) is 4.84. The van der Waals surface area contributed by atoms with Crippen molar-refractivity contribution in [2.24, 2.45) is 0 Å². The van der Waals surface area contributed by atoms with Crippen LogP contribution in [0.5, 0.6) is 11.5 Å². The third-order valence-electron chi connectivity index (χ3n) is 5.48. The van der Waals surface area contributed by atoms with E-state index in [1.54, 1.807) is 31.1 Å². The number of benzene rings is 3. The summed E-state index contributed by atoms with van der Waals surface area (Å²) in [6.45, 7) is 2.57. The molecule has 1 aliphatic heterocycles. The van der Waals surface area contributed by atoms with Crippen LogP contribution in [0, 0.1) is 0 Å². The number of amides is 2. The normalized spacial score (nSPS) is 15.3. The van der Waals surface area contributed by atoms with Gasteiger partial charge in [0, 0.05) is 29.4 Å². The van der Waals surface area contributed by atoms with Crippen molar-refractivity contribution in [2.45, 2.75) is 32.5 Å². The zero-order valence-electron chi connectivity index (χ0n) is 18.5. The lowest BCUT2D eigenvalue weighted by molar-refractivity contribution is -0.138. The topological polar surface area (TPSA) is 67.9 Å². The second-order valence-corrected chi connectivity index (χ2v) is 8.41. The van der Waals surface area contributed by atoms with Gasteiger partial charge >= 0.3 is 0 Å². The zero-order valence-corrected chi connectivity index (χ0v) is 19.3. The first kappa shape index (κ1) is 22.7. The molecule has 7 heteroatoms. The summed E-state index contributed by atoms with van der Waals surface area (Å²) in [5.41, 5.74) is 3.36. The molecule has 1 aliphatic rings. The second kappa shape index (κ2) is 9.96. The first-order valence-corrected chi connectivity index (χ1v) is 11.0. The number of nitrogens with one attached hydrogen (secondary N) is 1. The quantitative estimate of drug-likeness (QED) is 0.566. The number of methoxy groups -OCH3 is 1. The molecular weight excluding hydrogens is 440 g/mol. The molecule has 33 heavy (non-hydrogen) atoms. The van der Waals surface area contributed by atoms with Gasteiger partial charge in [-0.05, 0) is 60.5 Å². The number of carbonyl (C=O) groups is 2. The van der Waals surface area contributed by atoms with Crippen LogP contribution < -0.4 is 14.8 Å². The molecule has 0 saturated carbocycles. The van der Waals surface area contributed by atoms with E-state index in [1.165, 1.54) is 0 Å². The Bertz CT molecular complexity index is 1150. The molecule has 1 unspecified atom stereocenters. The molecule has 0 aliphatic carbocycles. The van der Waals surface area contributed by atoms with Crippen molar-refractivity contribution < 1.29 is 19.1 Å². The predicted molar refractivity (Wildman–Crippen MR) is 128 cm³/mol. The van der Waals surface area contributed by atoms with E-state index in [-0.39, 0.29) is 18.2 Å². The third-order valence-corrected chi connectivity index (χ3v) is 5.73. The van der Waals surface area contributed by atoms with Crippen LogP contribution in [0.4, 0.5) is 5.69 Å². The number of halogens is 1. The summed E-state index contributed by atoms with van der Waals surface area (Å²) in [5, 5.41) is 3.59. The van der Waals surface area contributed by atoms with Crippen LogP contribution >= 0.6 is 11.6 Å². The van der Waals surface area contributed by atoms with Crippen LogP contribution in [-0.2, 0) is 29.1 Å². The molecule has 170 valence electrons. The summed E-state index contributed by atoms with van der Waals surface area (Å²) >= 11 is 5.98. The van der Waals surface area contributed by atoms with Crippen molar-refractivity contribution in [3.8, 4) is 11.5 Å². The summed E-state index contributed by atoms with van der Waals surface area (Å²) in [4.78, 5) is 27.2. The molecule has 0 radical (unpaired) electrons. The maximum Gasteiger partial charge on any atom is 0.263 e. The van der Waals surface area contributed by atoms with Crippen LogP contribution in [0.2, 0.25) is 5.02 Å². The van der Waals surface area contributed by atoms with Gasteiger partial charge in [-0.3, -0.25) is 9.59 Å². The van der Waals surface area contributed by atoms with E-state index in [9.17, 15) is 9.59 Å². The molecule has 3 aromatic carbocycles. The molecule has 2 amide bonds. The fourth-order valence-corrected chi connectivity index (χ4v) is 3.88. The van der Waals surface area contributed by atoms with Crippen LogP contribution in [-0.4, -0.2) is 29.9 Å². The molecule has 6 nitrogen and oxygen atoms in total. The van der Waals surface area contributed by atoms with Gasteiger partial charge in [0.15, 0.2) is 6.10 Å². The summed E-state index contributed by atoms with van der Waals surface area (Å²) in [7, 11) is 1.61. The highest BCUT2D eigenvalue weighted by molar-refractivity contribution is 6.30. The Kier molecular flexibility index (Phi) is 6.84. The smallest absolute Gasteiger partial charge is 0.263 e. The summed E-state index contributed by atoms with van der Waals surface area (Å²) in [6, 6.07) is 20.3. The Morgan fingerprint density at radius 2 is 1.79 bits per heavy atom. The molecule has 4 rings (SSSR count). The van der Waals surface area contributed by atoms with Gasteiger partial charge < -0.3 is 19.7 Å². The Labute approximate surface area is 198 Å². The average Bonchev–Trinajstić information content (AvgIpc) is 2.92. The van der Waals surface area contributed by atoms with Crippen molar-refractivity contribution in [2.75, 3.05) is 12.4 Å². The lowest BCUT2D eigenvalue weighted by atomic mass is 10.1. The molecule has 0 saturated heterocycles. The Morgan fingerprint density at radius 3 is 2.48 bits per heavy atom. The minimum Gasteiger partial charge on any atom is -0.497 e. The monoisotopic (exact) mass is 464 g/mol. The highest BCUT2D eigenvalue weighted by atomic mass is 35.5. The molecular formula is C26H25ClN2O4. The first-order valence-electron chi connectivity index (χ1n) is 10.7. The van der Waals surface area contributed by atoms with Gasteiger partial charge in [-0.1, -0.05) is 35.9 Å². The molecule has 0 bridgehead atoms. The molecule has 3 aromatic rings. The highest BCUT2D eigenvalue weighted by Gasteiger charge is 2.28. The number of hydrogen-bond donors (Lipinski definition) is 1. The minimum absolute atomic E-state index is 0.0914. The second-order valence-electron chi connectivity index (χ2n) is 7.98. The Morgan fingerprint density at radius 1 is 1.09 bits per heavy atom. The number of nitrogens with zero attached hydrogens (tertiary/aromatic N) is 1. The van der Waals surface area contributed by atoms with Crippen molar-refractivity contribution in [1.29, 1.82) is 0 Å². The van der Waals surface area contributed by atoms with Gasteiger partial charge in [0.05, 0.1) is 13.5 Å². The van der Waals surface area contributed by atoms with Gasteiger partial charge in [0.2, 0.25) is 5.91 Å². The number of hydrogen-bond acceptors (Lipinski definition) is 4. The molecule has 1 heterocycles. The van der Waals surface area contributed by atoms with Crippen LogP contribution in [0.15, 0.2) is 66.7 Å². The Hall–Kier alpha value is -3.51. The fourth-order valence-electron chi connectivity index (χ4n) is 3.76. The van der Waals surface area contributed by atoms with Gasteiger partial charge in [-0.25, -0.2) is 0 Å². The molecule has 1 atom stereocenters. The fraction of sp³-hybridized carbons (Fsp3) is 0.231. The molecule has 0 fully saturated rings. The van der Waals surface area contributed by atoms with E-state index in [1.807, 2.05) is 54.6 Å². The zero-order chi connectivity index (χ0) is 23.4. The highest BCUT2D eigenvalue weighted by Crippen LogP contribution is 2.29. The van der Waals surface area contributed by atoms with E-state index in [0.29, 0.717) is 29.5 Å². The van der Waals surface area contributed by atoms with Gasteiger partial charge in [0.1, 0.15) is 11.5 Å². The van der Waals surface area contributed by atoms with Crippen molar-refractivity contribution in [1.82, 2.24) is 4.90 Å². The number of fused-ring (bicyclic) bond motifs is 1. The summed E-state index contributed by atoms with van der Waals surface area (Å²) < 4.78 is 11.0. The molecule has 1 N–H and O–H groups in total. The largest absolute Gasteiger partial charge is 0.497 e. The van der Waals surface area contributed by atoms with E-state index in [0.717, 1.165) is 22.4 Å². The SMILES string of the molecule is COc1ccc(CC(=O)Nc2ccc3c(c2)CN(Cc2ccc(Cl)cc2)C(=O)C(C)O3)cc1. The van der Waals surface area contributed by atoms with Crippen LogP contribution in [0.1, 0.15) is 23.6 Å². The van der Waals surface area contributed by atoms with Gasteiger partial charge in [0.25, 0.3) is 5.91 Å². The van der Waals surface area contributed by atoms with E-state index >= 15 is 0 Å². The first-order chi connectivity index (χ1) is 15.9. The molecule has 0 spiro atoms. The van der Waals surface area contributed by atoms with Crippen LogP contribution in [0.3, 0.4) is 0 Å². The number of rotatable bonds is 6. The lowest BCUT2D eigenvalue weighted by Crippen LogP contribution is -2.37. The maximum atomic E-state index is 12.9. The van der Waals surface area contributed by atoms with E-state index in [4.69, 9.17) is 21.1 Å². The molecule has 0 aromatic heterocycles. The summed E-state index contributed by atoms with van der Waals surface area (Å²) in [6.07, 6.45) is -0.357. The van der Waals surface area contributed by atoms with E-state index < -0.39 is 6.10 Å². The standard InChI is InChI=1S/C26H25ClN2O4/c1-17-26(31)29(15-19-3-7-21(27)8-4-19)16-20-14-22(9-12-24(20)33-17)28-25(30)13-18-5-10-23(32-2)11-6-18/h3-12,14,17H,13,15-16H2,1-2H3,(H,28,30). The number of carbonyl (C=O) groups excluding carboxylic acids is 2. The number of anilines is 1. The van der Waals surface area contributed by atoms with Crippen molar-refractivity contribution in [3.63, 3.8) is 0 Å². The van der Waals surface area contributed by atoms with Crippen molar-refractivity contribution >= 4 is 29.1 Å². The van der Waals surface area contributed by atoms with Crippen molar-refractivity contribution in [3.05, 3.63) is 88.4 Å². The van der Waals surface area contributed by atoms with Crippen LogP contribution in [0.25, 0.3) is 0 Å². The van der Waals surface area contributed by atoms with Gasteiger partial charge in [-0.2, -0.15) is 0 Å². The minimum atomic E-state index is -0.603. The Balaban J connectivity index is 1.48. The third kappa shape index (κ3) is 5.65. The lowest BCUT2D eigenvalue weighted by Gasteiger charge is -2.22. The average molecular weight is 465 g/mol. The maximum absolute atomic E-state index is 12.9. The van der Waals surface area contributed by atoms with E-state index in [2.05, 4.69) is 5.32 Å². The van der Waals surface area contributed by atoms with Gasteiger partial charge in [-0.15, -0.1) is 0 Å². The summed E-state index contributed by atoms with van der Waals surface area (Å²) in [5.74, 6) is 1.17.